The molecule has 1 aromatic carbocycles. The number of piperidine rings is 1. The summed E-state index contributed by atoms with van der Waals surface area (Å²) < 4.78 is 13.3. The highest BCUT2D eigenvalue weighted by Crippen LogP contribution is 2.21. The molecule has 1 unspecified atom stereocenters. The number of amides is 1. The third-order valence-corrected chi connectivity index (χ3v) is 3.83. The highest BCUT2D eigenvalue weighted by Gasteiger charge is 2.28. The van der Waals surface area contributed by atoms with Crippen LogP contribution in [0.15, 0.2) is 22.7 Å². The van der Waals surface area contributed by atoms with E-state index >= 15 is 0 Å². The smallest absolute Gasteiger partial charge is 0.308 e. The van der Waals surface area contributed by atoms with E-state index in [4.69, 9.17) is 5.11 Å². The summed E-state index contributed by atoms with van der Waals surface area (Å²) in [5, 5.41) is 8.99. The predicted octanol–water partition coefficient (Wildman–Crippen LogP) is 2.53. The summed E-state index contributed by atoms with van der Waals surface area (Å²) in [6.07, 6.45) is 1.26. The molecule has 0 aromatic heterocycles. The number of carbonyl (C=O) groups excluding carboxylic acids is 1. The molecule has 0 aliphatic carbocycles. The van der Waals surface area contributed by atoms with Crippen molar-refractivity contribution in [2.45, 2.75) is 12.8 Å². The van der Waals surface area contributed by atoms with Crippen molar-refractivity contribution < 1.29 is 19.1 Å². The number of benzene rings is 1. The quantitative estimate of drug-likeness (QED) is 0.907. The fourth-order valence-electron chi connectivity index (χ4n) is 2.17. The van der Waals surface area contributed by atoms with Gasteiger partial charge in [0.2, 0.25) is 0 Å². The van der Waals surface area contributed by atoms with E-state index in [1.165, 1.54) is 23.1 Å². The second-order valence-corrected chi connectivity index (χ2v) is 5.41. The zero-order valence-corrected chi connectivity index (χ0v) is 11.7. The molecule has 4 nitrogen and oxygen atoms in total. The Balaban J connectivity index is 2.14. The van der Waals surface area contributed by atoms with Crippen molar-refractivity contribution >= 4 is 27.8 Å². The van der Waals surface area contributed by atoms with Crippen LogP contribution < -0.4 is 0 Å². The molecule has 1 aromatic rings. The number of halogens is 2. The summed E-state index contributed by atoms with van der Waals surface area (Å²) in [6, 6.07) is 4.05. The maximum atomic E-state index is 13.1. The van der Waals surface area contributed by atoms with Gasteiger partial charge in [0.1, 0.15) is 5.82 Å². The number of hydrogen-bond acceptors (Lipinski definition) is 2. The monoisotopic (exact) mass is 329 g/mol. The van der Waals surface area contributed by atoms with Gasteiger partial charge in [-0.15, -0.1) is 0 Å². The highest BCUT2D eigenvalue weighted by molar-refractivity contribution is 9.10. The van der Waals surface area contributed by atoms with Crippen LogP contribution in [0, 0.1) is 11.7 Å². The molecule has 2 rings (SSSR count). The van der Waals surface area contributed by atoms with E-state index in [0.717, 1.165) is 0 Å². The molecule has 0 spiro atoms. The van der Waals surface area contributed by atoms with Crippen molar-refractivity contribution in [1.29, 1.82) is 0 Å². The second-order valence-electron chi connectivity index (χ2n) is 4.56. The Kier molecular flexibility index (Phi) is 4.19. The molecule has 1 atom stereocenters. The largest absolute Gasteiger partial charge is 0.481 e. The fourth-order valence-corrected chi connectivity index (χ4v) is 2.55. The van der Waals surface area contributed by atoms with Crippen LogP contribution in [0.5, 0.6) is 0 Å². The Morgan fingerprint density at radius 2 is 2.16 bits per heavy atom. The van der Waals surface area contributed by atoms with Crippen molar-refractivity contribution in [2.24, 2.45) is 5.92 Å². The van der Waals surface area contributed by atoms with Gasteiger partial charge in [0.25, 0.3) is 5.91 Å². The van der Waals surface area contributed by atoms with Gasteiger partial charge in [0.05, 0.1) is 10.4 Å². The zero-order chi connectivity index (χ0) is 14.0. The third kappa shape index (κ3) is 3.12. The van der Waals surface area contributed by atoms with Crippen molar-refractivity contribution in [3.05, 3.63) is 34.1 Å². The second kappa shape index (κ2) is 5.69. The summed E-state index contributed by atoms with van der Waals surface area (Å²) in [7, 11) is 0. The average Bonchev–Trinajstić information content (AvgIpc) is 2.41. The molecule has 1 saturated heterocycles. The molecule has 1 aliphatic heterocycles. The van der Waals surface area contributed by atoms with E-state index in [2.05, 4.69) is 15.9 Å². The number of likely N-dealkylation sites (tertiary alicyclic amines) is 1. The Morgan fingerprint density at radius 1 is 1.42 bits per heavy atom. The minimum atomic E-state index is -0.877. The van der Waals surface area contributed by atoms with Gasteiger partial charge in [-0.3, -0.25) is 9.59 Å². The first-order valence-electron chi connectivity index (χ1n) is 5.96. The number of hydrogen-bond donors (Lipinski definition) is 1. The number of nitrogens with zero attached hydrogens (tertiary/aromatic N) is 1. The maximum Gasteiger partial charge on any atom is 0.308 e. The van der Waals surface area contributed by atoms with Gasteiger partial charge < -0.3 is 10.0 Å². The van der Waals surface area contributed by atoms with E-state index in [9.17, 15) is 14.0 Å². The summed E-state index contributed by atoms with van der Waals surface area (Å²) >= 11 is 3.03. The van der Waals surface area contributed by atoms with E-state index in [0.29, 0.717) is 24.9 Å². The Morgan fingerprint density at radius 3 is 2.79 bits per heavy atom. The maximum absolute atomic E-state index is 13.1. The summed E-state index contributed by atoms with van der Waals surface area (Å²) in [5.41, 5.74) is 0.360. The first-order chi connectivity index (χ1) is 8.99. The number of carboxylic acid groups (broad SMARTS) is 1. The standard InChI is InChI=1S/C13H13BrFNO3/c14-10-6-8(3-4-11(10)15)12(17)16-5-1-2-9(7-16)13(18)19/h3-4,6,9H,1-2,5,7H2,(H,18,19). The predicted molar refractivity (Wildman–Crippen MR) is 70.4 cm³/mol. The molecular weight excluding hydrogens is 317 g/mol. The van der Waals surface area contributed by atoms with Crippen LogP contribution in [0.1, 0.15) is 23.2 Å². The van der Waals surface area contributed by atoms with Crippen LogP contribution in [-0.4, -0.2) is 35.0 Å². The van der Waals surface area contributed by atoms with E-state index in [-0.39, 0.29) is 16.9 Å². The topological polar surface area (TPSA) is 57.6 Å². The van der Waals surface area contributed by atoms with Gasteiger partial charge in [0, 0.05) is 18.7 Å². The van der Waals surface area contributed by atoms with Gasteiger partial charge in [0.15, 0.2) is 0 Å². The molecule has 0 bridgehead atoms. The first-order valence-corrected chi connectivity index (χ1v) is 6.75. The molecule has 102 valence electrons. The molecule has 0 radical (unpaired) electrons. The normalized spacial score (nSPS) is 19.3. The first kappa shape index (κ1) is 14.0. The van der Waals surface area contributed by atoms with Crippen LogP contribution in [0.3, 0.4) is 0 Å². The minimum Gasteiger partial charge on any atom is -0.481 e. The SMILES string of the molecule is O=C(O)C1CCCN(C(=O)c2ccc(F)c(Br)c2)C1. The molecule has 1 aliphatic rings. The van der Waals surface area contributed by atoms with E-state index in [1.54, 1.807) is 0 Å². The van der Waals surface area contributed by atoms with Crippen LogP contribution in [0.25, 0.3) is 0 Å². The van der Waals surface area contributed by atoms with Crippen molar-refractivity contribution in [3.63, 3.8) is 0 Å². The Hall–Kier alpha value is -1.43. The van der Waals surface area contributed by atoms with Gasteiger partial charge >= 0.3 is 5.97 Å². The molecule has 0 saturated carbocycles. The number of aliphatic carboxylic acids is 1. The summed E-state index contributed by atoms with van der Waals surface area (Å²) in [6.45, 7) is 0.751. The van der Waals surface area contributed by atoms with Gasteiger partial charge in [-0.1, -0.05) is 0 Å². The van der Waals surface area contributed by atoms with Crippen molar-refractivity contribution in [1.82, 2.24) is 4.90 Å². The van der Waals surface area contributed by atoms with Crippen LogP contribution in [0.2, 0.25) is 0 Å². The molecule has 1 heterocycles. The molecule has 1 N–H and O–H groups in total. The van der Waals surface area contributed by atoms with E-state index in [1.807, 2.05) is 0 Å². The highest BCUT2D eigenvalue weighted by atomic mass is 79.9. The van der Waals surface area contributed by atoms with Gasteiger partial charge in [-0.25, -0.2) is 4.39 Å². The third-order valence-electron chi connectivity index (χ3n) is 3.22. The molecule has 1 fully saturated rings. The molecule has 6 heteroatoms. The summed E-state index contributed by atoms with van der Waals surface area (Å²) in [5.74, 6) is -2.08. The lowest BCUT2D eigenvalue weighted by molar-refractivity contribution is -0.143. The zero-order valence-electron chi connectivity index (χ0n) is 10.1. The van der Waals surface area contributed by atoms with Crippen molar-refractivity contribution in [3.8, 4) is 0 Å². The number of carbonyl (C=O) groups is 2. The lowest BCUT2D eigenvalue weighted by Gasteiger charge is -2.30. The average molecular weight is 330 g/mol. The number of rotatable bonds is 2. The molecule has 1 amide bonds. The summed E-state index contributed by atoms with van der Waals surface area (Å²) in [4.78, 5) is 24.7. The van der Waals surface area contributed by atoms with Crippen molar-refractivity contribution in [2.75, 3.05) is 13.1 Å². The Labute approximate surface area is 118 Å². The lowest BCUT2D eigenvalue weighted by atomic mass is 9.97. The molecular formula is C13H13BrFNO3. The van der Waals surface area contributed by atoms with E-state index < -0.39 is 17.7 Å². The van der Waals surface area contributed by atoms with Crippen LogP contribution >= 0.6 is 15.9 Å². The Bertz CT molecular complexity index is 521. The molecule has 19 heavy (non-hydrogen) atoms. The van der Waals surface area contributed by atoms with Crippen LogP contribution in [-0.2, 0) is 4.79 Å². The van der Waals surface area contributed by atoms with Gasteiger partial charge in [-0.05, 0) is 47.0 Å². The van der Waals surface area contributed by atoms with Crippen LogP contribution in [0.4, 0.5) is 4.39 Å². The fraction of sp³-hybridized carbons (Fsp3) is 0.385. The van der Waals surface area contributed by atoms with Gasteiger partial charge in [-0.2, -0.15) is 0 Å². The number of carboxylic acids is 1. The minimum absolute atomic E-state index is 0.211. The lowest BCUT2D eigenvalue weighted by Crippen LogP contribution is -2.42.